The largest absolute Gasteiger partial charge is 0.390 e. The summed E-state index contributed by atoms with van der Waals surface area (Å²) < 4.78 is 2.76. The molecule has 4 aromatic heterocycles. The number of aliphatic hydroxyl groups excluding tert-OH is 2. The molecule has 2 saturated carbocycles. The fourth-order valence-corrected chi connectivity index (χ4v) is 6.63. The molecular weight excluding hydrogens is 514 g/mol. The minimum absolute atomic E-state index is 0.178. The SMILES string of the molecule is CCCc1nccc2sc(-c3c(C)nc(N[C@H](C)C4CC4)nc3N[C@@H]3C[C@H](Cn4ccnn4)[C@@H](O)[C@H]3O)nc12. The monoisotopic (exact) mass is 549 g/mol. The predicted molar refractivity (Wildman–Crippen MR) is 151 cm³/mol. The summed E-state index contributed by atoms with van der Waals surface area (Å²) in [5.74, 6) is 1.63. The van der Waals surface area contributed by atoms with E-state index in [1.807, 2.05) is 19.2 Å². The molecule has 2 aliphatic carbocycles. The van der Waals surface area contributed by atoms with Crippen molar-refractivity contribution in [1.82, 2.24) is 34.9 Å². The predicted octanol–water partition coefficient (Wildman–Crippen LogP) is 3.43. The molecule has 0 saturated heterocycles. The van der Waals surface area contributed by atoms with Crippen LogP contribution in [0, 0.1) is 18.8 Å². The zero-order valence-corrected chi connectivity index (χ0v) is 23.3. The van der Waals surface area contributed by atoms with Crippen LogP contribution in [0.2, 0.25) is 0 Å². The number of nitrogens with zero attached hydrogens (tertiary/aromatic N) is 7. The van der Waals surface area contributed by atoms with Crippen LogP contribution in [-0.2, 0) is 13.0 Å². The summed E-state index contributed by atoms with van der Waals surface area (Å²) >= 11 is 1.59. The van der Waals surface area contributed by atoms with Crippen LogP contribution in [0.3, 0.4) is 0 Å². The van der Waals surface area contributed by atoms with Gasteiger partial charge in [0.05, 0.1) is 40.0 Å². The average molecular weight is 550 g/mol. The molecule has 11 nitrogen and oxygen atoms in total. The molecule has 206 valence electrons. The fourth-order valence-electron chi connectivity index (χ4n) is 5.54. The van der Waals surface area contributed by atoms with Crippen LogP contribution >= 0.6 is 11.3 Å². The number of nitrogens with one attached hydrogen (secondary N) is 2. The fraction of sp³-hybridized carbons (Fsp3) is 0.556. The molecule has 4 aromatic rings. The minimum Gasteiger partial charge on any atom is -0.390 e. The lowest BCUT2D eigenvalue weighted by Gasteiger charge is -2.22. The van der Waals surface area contributed by atoms with E-state index in [0.717, 1.165) is 45.0 Å². The molecular formula is C27H35N9O2S. The van der Waals surface area contributed by atoms with Crippen LogP contribution in [0.15, 0.2) is 24.7 Å². The van der Waals surface area contributed by atoms with Crippen molar-refractivity contribution < 1.29 is 10.2 Å². The van der Waals surface area contributed by atoms with E-state index in [1.165, 1.54) is 12.8 Å². The first-order valence-corrected chi connectivity index (χ1v) is 14.6. The molecule has 6 rings (SSSR count). The number of aliphatic hydroxyl groups is 2. The molecule has 2 aliphatic rings. The summed E-state index contributed by atoms with van der Waals surface area (Å²) in [7, 11) is 0. The first-order valence-electron chi connectivity index (χ1n) is 13.8. The van der Waals surface area contributed by atoms with Gasteiger partial charge in [-0.1, -0.05) is 18.6 Å². The van der Waals surface area contributed by atoms with Crippen LogP contribution in [0.4, 0.5) is 11.8 Å². The molecule has 5 atom stereocenters. The molecule has 0 radical (unpaired) electrons. The maximum absolute atomic E-state index is 11.0. The van der Waals surface area contributed by atoms with Crippen LogP contribution in [0.25, 0.3) is 20.8 Å². The van der Waals surface area contributed by atoms with Crippen LogP contribution in [0.1, 0.15) is 50.9 Å². The second-order valence-electron chi connectivity index (χ2n) is 10.9. The van der Waals surface area contributed by atoms with Crippen LogP contribution in [0.5, 0.6) is 0 Å². The number of pyridine rings is 1. The van der Waals surface area contributed by atoms with Crippen molar-refractivity contribution in [3.8, 4) is 10.6 Å². The zero-order chi connectivity index (χ0) is 27.1. The van der Waals surface area contributed by atoms with Crippen molar-refractivity contribution in [1.29, 1.82) is 0 Å². The van der Waals surface area contributed by atoms with Gasteiger partial charge in [0, 0.05) is 30.9 Å². The Kier molecular flexibility index (Phi) is 7.17. The van der Waals surface area contributed by atoms with Crippen molar-refractivity contribution in [3.05, 3.63) is 36.0 Å². The Morgan fingerprint density at radius 1 is 1.15 bits per heavy atom. The highest BCUT2D eigenvalue weighted by Crippen LogP contribution is 2.39. The van der Waals surface area contributed by atoms with Gasteiger partial charge >= 0.3 is 0 Å². The lowest BCUT2D eigenvalue weighted by Crippen LogP contribution is -2.36. The summed E-state index contributed by atoms with van der Waals surface area (Å²) in [5.41, 5.74) is 3.52. The normalized spacial score (nSPS) is 23.8. The Bertz CT molecular complexity index is 1440. The van der Waals surface area contributed by atoms with E-state index in [2.05, 4.69) is 39.8 Å². The van der Waals surface area contributed by atoms with E-state index in [4.69, 9.17) is 15.0 Å². The van der Waals surface area contributed by atoms with Crippen molar-refractivity contribution in [2.45, 2.75) is 83.7 Å². The first-order chi connectivity index (χ1) is 18.9. The highest BCUT2D eigenvalue weighted by atomic mass is 32.1. The highest BCUT2D eigenvalue weighted by Gasteiger charge is 2.42. The van der Waals surface area contributed by atoms with Crippen molar-refractivity contribution in [2.24, 2.45) is 11.8 Å². The van der Waals surface area contributed by atoms with Gasteiger partial charge in [0.25, 0.3) is 0 Å². The van der Waals surface area contributed by atoms with Crippen molar-refractivity contribution >= 4 is 33.3 Å². The standard InChI is InChI=1S/C27H35N9O2S/c1-4-5-18-22-20(8-9-28-18)39-26(33-22)21-15(3)31-27(30-14(2)16-6-7-16)34-25(21)32-19-12-17(23(37)24(19)38)13-36-11-10-29-35-36/h8-11,14,16-17,19,23-24,37-38H,4-7,12-13H2,1-3H3,(H2,30,31,32,34)/t14-,17-,19-,23-,24+/m1/s1. The third-order valence-corrected chi connectivity index (χ3v) is 8.92. The number of aromatic nitrogens is 7. The third-order valence-electron chi connectivity index (χ3n) is 7.88. The second-order valence-corrected chi connectivity index (χ2v) is 11.9. The summed E-state index contributed by atoms with van der Waals surface area (Å²) in [5, 5.41) is 37.5. The van der Waals surface area contributed by atoms with Gasteiger partial charge in [-0.05, 0) is 51.5 Å². The van der Waals surface area contributed by atoms with Gasteiger partial charge in [-0.15, -0.1) is 16.4 Å². The van der Waals surface area contributed by atoms with Gasteiger partial charge in [0.15, 0.2) is 0 Å². The quantitative estimate of drug-likeness (QED) is 0.232. The molecule has 4 N–H and O–H groups in total. The minimum atomic E-state index is -0.959. The molecule has 0 unspecified atom stereocenters. The molecule has 0 amide bonds. The molecule has 0 spiro atoms. The number of hydrogen-bond donors (Lipinski definition) is 4. The Hall–Kier alpha value is -3.22. The number of thiazole rings is 1. The smallest absolute Gasteiger partial charge is 0.225 e. The van der Waals surface area contributed by atoms with Crippen LogP contribution < -0.4 is 10.6 Å². The first kappa shape index (κ1) is 26.0. The van der Waals surface area contributed by atoms with Crippen molar-refractivity contribution in [3.63, 3.8) is 0 Å². The molecule has 12 heteroatoms. The molecule has 0 bridgehead atoms. The topological polar surface area (TPSA) is 147 Å². The van der Waals surface area contributed by atoms with Gasteiger partial charge in [0.2, 0.25) is 5.95 Å². The van der Waals surface area contributed by atoms with Gasteiger partial charge in [-0.2, -0.15) is 4.98 Å². The maximum Gasteiger partial charge on any atom is 0.225 e. The Morgan fingerprint density at radius 3 is 2.74 bits per heavy atom. The zero-order valence-electron chi connectivity index (χ0n) is 22.4. The summed E-state index contributed by atoms with van der Waals surface area (Å²) in [6.07, 6.45) is 8.21. The lowest BCUT2D eigenvalue weighted by molar-refractivity contribution is 0.0131. The van der Waals surface area contributed by atoms with Crippen molar-refractivity contribution in [2.75, 3.05) is 10.6 Å². The number of anilines is 2. The molecule has 39 heavy (non-hydrogen) atoms. The maximum atomic E-state index is 11.0. The molecule has 0 aliphatic heterocycles. The van der Waals surface area contributed by atoms with Gasteiger partial charge in [0.1, 0.15) is 22.4 Å². The average Bonchev–Trinajstić information content (AvgIpc) is 3.37. The Labute approximate surface area is 231 Å². The third kappa shape index (κ3) is 5.32. The van der Waals surface area contributed by atoms with E-state index < -0.39 is 18.2 Å². The summed E-state index contributed by atoms with van der Waals surface area (Å²) in [4.78, 5) is 19.3. The molecule has 4 heterocycles. The molecule has 2 fully saturated rings. The van der Waals surface area contributed by atoms with E-state index >= 15 is 0 Å². The summed E-state index contributed by atoms with van der Waals surface area (Å²) in [6, 6.07) is 1.87. The lowest BCUT2D eigenvalue weighted by atomic mass is 10.1. The number of fused-ring (bicyclic) bond motifs is 1. The van der Waals surface area contributed by atoms with E-state index in [9.17, 15) is 10.2 Å². The molecule has 0 aromatic carbocycles. The summed E-state index contributed by atoms with van der Waals surface area (Å²) in [6.45, 7) is 6.75. The number of aryl methyl sites for hydroxylation is 2. The van der Waals surface area contributed by atoms with E-state index in [1.54, 1.807) is 28.4 Å². The Balaban J connectivity index is 1.35. The highest BCUT2D eigenvalue weighted by molar-refractivity contribution is 7.21. The number of rotatable bonds is 10. The second kappa shape index (κ2) is 10.7. The number of hydrogen-bond acceptors (Lipinski definition) is 11. The van der Waals surface area contributed by atoms with Gasteiger partial charge in [-0.25, -0.2) is 9.97 Å². The van der Waals surface area contributed by atoms with E-state index in [-0.39, 0.29) is 12.0 Å². The van der Waals surface area contributed by atoms with Gasteiger partial charge < -0.3 is 20.8 Å². The van der Waals surface area contributed by atoms with E-state index in [0.29, 0.717) is 30.6 Å². The van der Waals surface area contributed by atoms with Crippen LogP contribution in [-0.4, -0.2) is 69.4 Å². The Morgan fingerprint density at radius 2 is 2.00 bits per heavy atom. The van der Waals surface area contributed by atoms with Gasteiger partial charge in [-0.3, -0.25) is 9.67 Å².